The summed E-state index contributed by atoms with van der Waals surface area (Å²) >= 11 is 0. The van der Waals surface area contributed by atoms with Crippen LogP contribution in [0.1, 0.15) is 55.3 Å². The molecule has 2 aliphatic rings. The average Bonchev–Trinajstić information content (AvgIpc) is 3.16. The largest absolute Gasteiger partial charge is 0.377 e. The summed E-state index contributed by atoms with van der Waals surface area (Å²) < 4.78 is 0. The van der Waals surface area contributed by atoms with Crippen LogP contribution in [0.2, 0.25) is 0 Å². The minimum Gasteiger partial charge on any atom is -0.377 e. The standard InChI is InChI=1S/C20H30N4O2/c1-23(2)18-11-10-16(14-17(18)19(25)24-12-6-7-13-24)22-20(26)21-15-8-4-3-5-9-15/h10-11,14-15H,3-9,12-13H2,1-2H3,(H2,21,22,26). The van der Waals surface area contributed by atoms with Crippen molar-refractivity contribution in [3.8, 4) is 0 Å². The summed E-state index contributed by atoms with van der Waals surface area (Å²) in [6.45, 7) is 1.62. The highest BCUT2D eigenvalue weighted by atomic mass is 16.2. The van der Waals surface area contributed by atoms with Gasteiger partial charge in [-0.25, -0.2) is 4.79 Å². The molecule has 2 N–H and O–H groups in total. The number of likely N-dealkylation sites (tertiary alicyclic amines) is 1. The molecule has 0 atom stereocenters. The van der Waals surface area contributed by atoms with Crippen molar-refractivity contribution in [1.29, 1.82) is 0 Å². The molecule has 1 aromatic rings. The SMILES string of the molecule is CN(C)c1ccc(NC(=O)NC2CCCCC2)cc1C(=O)N1CCCC1. The molecule has 0 spiro atoms. The fourth-order valence-corrected chi connectivity index (χ4v) is 3.87. The van der Waals surface area contributed by atoms with Crippen molar-refractivity contribution in [2.45, 2.75) is 51.0 Å². The van der Waals surface area contributed by atoms with Crippen LogP contribution in [0.15, 0.2) is 18.2 Å². The van der Waals surface area contributed by atoms with E-state index >= 15 is 0 Å². The van der Waals surface area contributed by atoms with Crippen molar-refractivity contribution < 1.29 is 9.59 Å². The molecule has 0 radical (unpaired) electrons. The number of urea groups is 1. The van der Waals surface area contributed by atoms with E-state index in [1.54, 1.807) is 6.07 Å². The Hall–Kier alpha value is -2.24. The number of amides is 3. The lowest BCUT2D eigenvalue weighted by molar-refractivity contribution is 0.0793. The predicted molar refractivity (Wildman–Crippen MR) is 105 cm³/mol. The van der Waals surface area contributed by atoms with E-state index in [4.69, 9.17) is 0 Å². The highest BCUT2D eigenvalue weighted by molar-refractivity contribution is 6.02. The van der Waals surface area contributed by atoms with Gasteiger partial charge in [-0.3, -0.25) is 4.79 Å². The van der Waals surface area contributed by atoms with Gasteiger partial charge < -0.3 is 20.4 Å². The van der Waals surface area contributed by atoms with Gasteiger partial charge in [-0.2, -0.15) is 0 Å². The van der Waals surface area contributed by atoms with E-state index < -0.39 is 0 Å². The van der Waals surface area contributed by atoms with Gasteiger partial charge in [0.2, 0.25) is 0 Å². The molecule has 0 unspecified atom stereocenters. The molecule has 0 bridgehead atoms. The number of carbonyl (C=O) groups is 2. The maximum absolute atomic E-state index is 12.9. The van der Waals surface area contributed by atoms with Gasteiger partial charge in [0.15, 0.2) is 0 Å². The summed E-state index contributed by atoms with van der Waals surface area (Å²) in [5, 5.41) is 5.95. The third kappa shape index (κ3) is 4.48. The third-order valence-electron chi connectivity index (χ3n) is 5.30. The molecule has 26 heavy (non-hydrogen) atoms. The van der Waals surface area contributed by atoms with Gasteiger partial charge in [-0.1, -0.05) is 19.3 Å². The zero-order valence-electron chi connectivity index (χ0n) is 15.9. The molecule has 6 nitrogen and oxygen atoms in total. The van der Waals surface area contributed by atoms with Crippen LogP contribution < -0.4 is 15.5 Å². The van der Waals surface area contributed by atoms with E-state index in [2.05, 4.69) is 10.6 Å². The Morgan fingerprint density at radius 1 is 1.04 bits per heavy atom. The molecule has 3 amide bonds. The normalized spacial score (nSPS) is 17.8. The van der Waals surface area contributed by atoms with Crippen LogP contribution in [0.3, 0.4) is 0 Å². The predicted octanol–water partition coefficient (Wildman–Crippen LogP) is 3.44. The van der Waals surface area contributed by atoms with E-state index in [9.17, 15) is 9.59 Å². The fourth-order valence-electron chi connectivity index (χ4n) is 3.87. The smallest absolute Gasteiger partial charge is 0.319 e. The van der Waals surface area contributed by atoms with E-state index in [1.807, 2.05) is 36.0 Å². The molecular weight excluding hydrogens is 328 g/mol. The first-order chi connectivity index (χ1) is 12.5. The lowest BCUT2D eigenvalue weighted by Gasteiger charge is -2.24. The van der Waals surface area contributed by atoms with Crippen molar-refractivity contribution in [3.05, 3.63) is 23.8 Å². The summed E-state index contributed by atoms with van der Waals surface area (Å²) in [6, 6.07) is 5.64. The van der Waals surface area contributed by atoms with Crippen LogP contribution in [0, 0.1) is 0 Å². The van der Waals surface area contributed by atoms with E-state index in [1.165, 1.54) is 19.3 Å². The summed E-state index contributed by atoms with van der Waals surface area (Å²) in [7, 11) is 3.86. The molecule has 1 heterocycles. The maximum atomic E-state index is 12.9. The second-order valence-corrected chi connectivity index (χ2v) is 7.56. The highest BCUT2D eigenvalue weighted by Crippen LogP contribution is 2.26. The number of hydrogen-bond acceptors (Lipinski definition) is 3. The molecule has 2 fully saturated rings. The van der Waals surface area contributed by atoms with Crippen molar-refractivity contribution in [1.82, 2.24) is 10.2 Å². The van der Waals surface area contributed by atoms with Crippen LogP contribution in [-0.2, 0) is 0 Å². The lowest BCUT2D eigenvalue weighted by atomic mass is 9.96. The molecule has 3 rings (SSSR count). The summed E-state index contributed by atoms with van der Waals surface area (Å²) in [4.78, 5) is 29.0. The number of hydrogen-bond donors (Lipinski definition) is 2. The molecule has 0 aromatic heterocycles. The molecule has 1 aliphatic carbocycles. The fraction of sp³-hybridized carbons (Fsp3) is 0.600. The van der Waals surface area contributed by atoms with Gasteiger partial charge in [0.05, 0.1) is 5.56 Å². The quantitative estimate of drug-likeness (QED) is 0.866. The van der Waals surface area contributed by atoms with Crippen molar-refractivity contribution in [2.75, 3.05) is 37.4 Å². The van der Waals surface area contributed by atoms with E-state index in [0.29, 0.717) is 11.3 Å². The van der Waals surface area contributed by atoms with Gasteiger partial charge in [0.1, 0.15) is 0 Å². The molecule has 142 valence electrons. The Labute approximate surface area is 155 Å². The third-order valence-corrected chi connectivity index (χ3v) is 5.30. The summed E-state index contributed by atoms with van der Waals surface area (Å²) in [6.07, 6.45) is 7.83. The lowest BCUT2D eigenvalue weighted by Crippen LogP contribution is -2.39. The number of nitrogens with zero attached hydrogens (tertiary/aromatic N) is 2. The van der Waals surface area contributed by atoms with Crippen LogP contribution in [0.4, 0.5) is 16.2 Å². The molecule has 1 saturated carbocycles. The Morgan fingerprint density at radius 2 is 1.73 bits per heavy atom. The van der Waals surface area contributed by atoms with Crippen LogP contribution >= 0.6 is 0 Å². The topological polar surface area (TPSA) is 64.7 Å². The van der Waals surface area contributed by atoms with Crippen LogP contribution in [0.5, 0.6) is 0 Å². The number of rotatable bonds is 4. The van der Waals surface area contributed by atoms with Gasteiger partial charge in [0, 0.05) is 44.6 Å². The van der Waals surface area contributed by atoms with E-state index in [0.717, 1.165) is 44.5 Å². The first-order valence-corrected chi connectivity index (χ1v) is 9.73. The van der Waals surface area contributed by atoms with Gasteiger partial charge in [0.25, 0.3) is 5.91 Å². The first-order valence-electron chi connectivity index (χ1n) is 9.73. The molecule has 1 saturated heterocycles. The number of carbonyl (C=O) groups excluding carboxylic acids is 2. The average molecular weight is 358 g/mol. The monoisotopic (exact) mass is 358 g/mol. The second-order valence-electron chi connectivity index (χ2n) is 7.56. The zero-order valence-corrected chi connectivity index (χ0v) is 15.9. The first kappa shape index (κ1) is 18.5. The zero-order chi connectivity index (χ0) is 18.5. The Kier molecular flexibility index (Phi) is 6.01. The summed E-state index contributed by atoms with van der Waals surface area (Å²) in [5.41, 5.74) is 2.18. The number of benzene rings is 1. The molecular formula is C20H30N4O2. The minimum atomic E-state index is -0.186. The van der Waals surface area contributed by atoms with Gasteiger partial charge in [-0.05, 0) is 43.9 Å². The maximum Gasteiger partial charge on any atom is 0.319 e. The Balaban J connectivity index is 1.72. The minimum absolute atomic E-state index is 0.0440. The van der Waals surface area contributed by atoms with Crippen molar-refractivity contribution in [2.24, 2.45) is 0 Å². The Morgan fingerprint density at radius 3 is 2.38 bits per heavy atom. The Bertz CT molecular complexity index is 647. The highest BCUT2D eigenvalue weighted by Gasteiger charge is 2.23. The van der Waals surface area contributed by atoms with Crippen molar-refractivity contribution in [3.63, 3.8) is 0 Å². The van der Waals surface area contributed by atoms with Crippen LogP contribution in [0.25, 0.3) is 0 Å². The van der Waals surface area contributed by atoms with Crippen LogP contribution in [-0.4, -0.2) is 50.1 Å². The molecule has 1 aliphatic heterocycles. The number of anilines is 2. The second kappa shape index (κ2) is 8.43. The molecule has 1 aromatic carbocycles. The molecule has 6 heteroatoms. The van der Waals surface area contributed by atoms with Gasteiger partial charge >= 0.3 is 6.03 Å². The summed E-state index contributed by atoms with van der Waals surface area (Å²) in [5.74, 6) is 0.0440. The van der Waals surface area contributed by atoms with E-state index in [-0.39, 0.29) is 18.0 Å². The van der Waals surface area contributed by atoms with Crippen molar-refractivity contribution >= 4 is 23.3 Å². The van der Waals surface area contributed by atoms with Gasteiger partial charge in [-0.15, -0.1) is 0 Å². The number of nitrogens with one attached hydrogen (secondary N) is 2.